The van der Waals surface area contributed by atoms with Crippen LogP contribution in [-0.4, -0.2) is 33.7 Å². The Morgan fingerprint density at radius 3 is 2.27 bits per heavy atom. The van der Waals surface area contributed by atoms with Crippen LogP contribution in [0.1, 0.15) is 12.8 Å². The van der Waals surface area contributed by atoms with Gasteiger partial charge in [0.2, 0.25) is 0 Å². The van der Waals surface area contributed by atoms with Crippen molar-refractivity contribution >= 4 is 7.60 Å². The first-order valence-electron chi connectivity index (χ1n) is 3.38. The molecule has 0 aliphatic carbocycles. The summed E-state index contributed by atoms with van der Waals surface area (Å²) in [7, 11) is -4.04. The molecule has 11 heavy (non-hydrogen) atoms. The maximum absolute atomic E-state index is 10.6. The Morgan fingerprint density at radius 1 is 1.45 bits per heavy atom. The minimum Gasteiger partial charge on any atom is -0.396 e. The van der Waals surface area contributed by atoms with E-state index in [1.54, 1.807) is 0 Å². The highest BCUT2D eigenvalue weighted by molar-refractivity contribution is 7.52. The minimum atomic E-state index is -4.04. The van der Waals surface area contributed by atoms with Crippen LogP contribution >= 0.6 is 7.60 Å². The molecule has 0 spiro atoms. The summed E-state index contributed by atoms with van der Waals surface area (Å²) in [5, 5.41) is 8.38. The molecule has 0 aliphatic heterocycles. The van der Waals surface area contributed by atoms with Gasteiger partial charge in [-0.3, -0.25) is 4.57 Å². The van der Waals surface area contributed by atoms with E-state index < -0.39 is 13.3 Å². The molecule has 0 aromatic carbocycles. The average molecular weight is 183 g/mol. The Labute approximate surface area is 65.4 Å². The number of rotatable bonds is 5. The lowest BCUT2D eigenvalue weighted by molar-refractivity contribution is 0.279. The monoisotopic (exact) mass is 183 g/mol. The van der Waals surface area contributed by atoms with Gasteiger partial charge in [0.1, 0.15) is 0 Å². The van der Waals surface area contributed by atoms with Gasteiger partial charge >= 0.3 is 7.60 Å². The molecule has 0 bridgehead atoms. The van der Waals surface area contributed by atoms with E-state index >= 15 is 0 Å². The first-order chi connectivity index (χ1) is 5.02. The highest BCUT2D eigenvalue weighted by Gasteiger charge is 2.26. The molecule has 0 rings (SSSR count). The van der Waals surface area contributed by atoms with Gasteiger partial charge in [-0.05, 0) is 12.8 Å². The summed E-state index contributed by atoms with van der Waals surface area (Å²) < 4.78 is 10.6. The maximum Gasteiger partial charge on any atom is 0.329 e. The molecular formula is C5H14NO4P. The summed E-state index contributed by atoms with van der Waals surface area (Å²) in [6.45, 7) is -0.0965. The van der Waals surface area contributed by atoms with E-state index in [9.17, 15) is 4.57 Å². The lowest BCUT2D eigenvalue weighted by Gasteiger charge is -2.14. The molecule has 0 aromatic rings. The lowest BCUT2D eigenvalue weighted by atomic mass is 10.2. The van der Waals surface area contributed by atoms with Gasteiger partial charge in [0, 0.05) is 13.2 Å². The van der Waals surface area contributed by atoms with E-state index in [0.717, 1.165) is 0 Å². The van der Waals surface area contributed by atoms with Gasteiger partial charge in [-0.1, -0.05) is 0 Å². The molecule has 68 valence electrons. The molecule has 0 aliphatic rings. The fraction of sp³-hybridized carbons (Fsp3) is 1.00. The molecule has 0 radical (unpaired) electrons. The van der Waals surface area contributed by atoms with Crippen molar-refractivity contribution in [3.63, 3.8) is 0 Å². The van der Waals surface area contributed by atoms with Gasteiger partial charge in [-0.2, -0.15) is 0 Å². The van der Waals surface area contributed by atoms with Crippen LogP contribution in [0.15, 0.2) is 0 Å². The summed E-state index contributed by atoms with van der Waals surface area (Å²) in [6.07, 6.45) is 0.657. The Hall–Kier alpha value is 0.0700. The van der Waals surface area contributed by atoms with E-state index in [-0.39, 0.29) is 19.6 Å². The second-order valence-electron chi connectivity index (χ2n) is 2.34. The smallest absolute Gasteiger partial charge is 0.329 e. The fourth-order valence-electron chi connectivity index (χ4n) is 0.750. The summed E-state index contributed by atoms with van der Waals surface area (Å²) in [4.78, 5) is 17.3. The van der Waals surface area contributed by atoms with E-state index in [1.165, 1.54) is 0 Å². The van der Waals surface area contributed by atoms with Gasteiger partial charge in [0.05, 0.1) is 5.66 Å². The van der Waals surface area contributed by atoms with Gasteiger partial charge < -0.3 is 20.6 Å². The fourth-order valence-corrected chi connectivity index (χ4v) is 1.54. The van der Waals surface area contributed by atoms with Crippen molar-refractivity contribution in [2.75, 3.05) is 13.2 Å². The van der Waals surface area contributed by atoms with Crippen molar-refractivity contribution in [2.45, 2.75) is 18.5 Å². The van der Waals surface area contributed by atoms with Crippen molar-refractivity contribution in [3.05, 3.63) is 0 Å². The van der Waals surface area contributed by atoms with E-state index in [4.69, 9.17) is 20.6 Å². The molecule has 5 N–H and O–H groups in total. The minimum absolute atomic E-state index is 0.0374. The summed E-state index contributed by atoms with van der Waals surface area (Å²) in [5.41, 5.74) is 4.33. The van der Waals surface area contributed by atoms with Crippen molar-refractivity contribution in [1.82, 2.24) is 0 Å². The quantitative estimate of drug-likeness (QED) is 0.420. The zero-order valence-corrected chi connectivity index (χ0v) is 7.07. The third kappa shape index (κ3) is 4.50. The predicted octanol–water partition coefficient (Wildman–Crippen LogP) is -0.736. The Bertz CT molecular complexity index is 145. The van der Waals surface area contributed by atoms with Crippen LogP contribution in [0.2, 0.25) is 0 Å². The molecule has 0 fully saturated rings. The van der Waals surface area contributed by atoms with Crippen LogP contribution in [0.5, 0.6) is 0 Å². The second-order valence-corrected chi connectivity index (χ2v) is 4.25. The van der Waals surface area contributed by atoms with E-state index in [0.29, 0.717) is 6.42 Å². The highest BCUT2D eigenvalue weighted by Crippen LogP contribution is 2.42. The van der Waals surface area contributed by atoms with Gasteiger partial charge in [0.25, 0.3) is 0 Å². The normalized spacial score (nSPS) is 14.9. The molecule has 6 heteroatoms. The molecule has 5 nitrogen and oxygen atoms in total. The molecule has 1 atom stereocenters. The van der Waals surface area contributed by atoms with E-state index in [1.807, 2.05) is 0 Å². The summed E-state index contributed by atoms with van der Waals surface area (Å²) in [5.74, 6) is 0. The first-order valence-corrected chi connectivity index (χ1v) is 5.06. The number of hydrogen-bond acceptors (Lipinski definition) is 3. The third-order valence-electron chi connectivity index (χ3n) is 1.44. The molecule has 0 heterocycles. The zero-order chi connectivity index (χ0) is 8.91. The Balaban J connectivity index is 3.86. The van der Waals surface area contributed by atoms with Gasteiger partial charge in [-0.15, -0.1) is 0 Å². The summed E-state index contributed by atoms with van der Waals surface area (Å²) >= 11 is 0. The molecule has 0 saturated carbocycles. The maximum atomic E-state index is 10.6. The number of aliphatic hydroxyl groups excluding tert-OH is 1. The highest BCUT2D eigenvalue weighted by atomic mass is 31.2. The summed E-state index contributed by atoms with van der Waals surface area (Å²) in [6, 6.07) is 0. The van der Waals surface area contributed by atoms with Crippen LogP contribution < -0.4 is 5.73 Å². The van der Waals surface area contributed by atoms with Crippen molar-refractivity contribution < 1.29 is 19.5 Å². The van der Waals surface area contributed by atoms with Crippen LogP contribution in [0.4, 0.5) is 0 Å². The standard InChI is InChI=1S/C5H14NO4P/c6-4-5(2-1-3-7)11(8,9)10/h5,7H,1-4,6H2,(H2,8,9,10). The van der Waals surface area contributed by atoms with Crippen molar-refractivity contribution in [1.29, 1.82) is 0 Å². The van der Waals surface area contributed by atoms with Gasteiger partial charge in [0.15, 0.2) is 0 Å². The topological polar surface area (TPSA) is 104 Å². The average Bonchev–Trinajstić information content (AvgIpc) is 1.87. The van der Waals surface area contributed by atoms with Crippen LogP contribution in [0.25, 0.3) is 0 Å². The van der Waals surface area contributed by atoms with Crippen molar-refractivity contribution in [2.24, 2.45) is 5.73 Å². The SMILES string of the molecule is NCC(CCCO)P(=O)(O)O. The Kier molecular flexibility index (Phi) is 4.88. The molecular weight excluding hydrogens is 169 g/mol. The third-order valence-corrected chi connectivity index (χ3v) is 2.86. The number of nitrogens with two attached hydrogens (primary N) is 1. The second kappa shape index (κ2) is 4.85. The van der Waals surface area contributed by atoms with Crippen LogP contribution in [0, 0.1) is 0 Å². The molecule has 0 aromatic heterocycles. The number of hydrogen-bond donors (Lipinski definition) is 4. The van der Waals surface area contributed by atoms with E-state index in [2.05, 4.69) is 0 Å². The molecule has 1 unspecified atom stereocenters. The largest absolute Gasteiger partial charge is 0.396 e. The van der Waals surface area contributed by atoms with Gasteiger partial charge in [-0.25, -0.2) is 0 Å². The lowest BCUT2D eigenvalue weighted by Crippen LogP contribution is -2.20. The van der Waals surface area contributed by atoms with Crippen LogP contribution in [-0.2, 0) is 4.57 Å². The number of aliphatic hydroxyl groups is 1. The van der Waals surface area contributed by atoms with Crippen LogP contribution in [0.3, 0.4) is 0 Å². The predicted molar refractivity (Wildman–Crippen MR) is 41.2 cm³/mol. The molecule has 0 amide bonds. The molecule has 0 saturated heterocycles. The zero-order valence-electron chi connectivity index (χ0n) is 6.18. The Morgan fingerprint density at radius 2 is 2.00 bits per heavy atom. The first kappa shape index (κ1) is 11.1. The van der Waals surface area contributed by atoms with Crippen molar-refractivity contribution in [3.8, 4) is 0 Å².